The summed E-state index contributed by atoms with van der Waals surface area (Å²) < 4.78 is 0. The first-order chi connectivity index (χ1) is 7.06. The summed E-state index contributed by atoms with van der Waals surface area (Å²) in [5.74, 6) is 0.0625. The number of benzene rings is 1. The van der Waals surface area contributed by atoms with Crippen molar-refractivity contribution >= 4 is 11.6 Å². The van der Waals surface area contributed by atoms with Gasteiger partial charge >= 0.3 is 0 Å². The van der Waals surface area contributed by atoms with Gasteiger partial charge in [-0.15, -0.1) is 0 Å². The molecule has 0 aliphatic heterocycles. The summed E-state index contributed by atoms with van der Waals surface area (Å²) in [4.78, 5) is 13.8. The van der Waals surface area contributed by atoms with E-state index < -0.39 is 0 Å². The maximum atomic E-state index is 12.0. The Hall–Kier alpha value is -1.51. The number of carbonyl (C=O) groups is 1. The van der Waals surface area contributed by atoms with Gasteiger partial charge in [-0.05, 0) is 45.0 Å². The van der Waals surface area contributed by atoms with Gasteiger partial charge in [0.2, 0.25) is 0 Å². The summed E-state index contributed by atoms with van der Waals surface area (Å²) in [5.41, 5.74) is 6.94. The minimum Gasteiger partial charge on any atom is -0.399 e. The average molecular weight is 206 g/mol. The highest BCUT2D eigenvalue weighted by Crippen LogP contribution is 2.10. The van der Waals surface area contributed by atoms with Crippen molar-refractivity contribution < 1.29 is 4.79 Å². The third kappa shape index (κ3) is 2.72. The van der Waals surface area contributed by atoms with Crippen LogP contribution in [0.3, 0.4) is 0 Å². The fraction of sp³-hybridized carbons (Fsp3) is 0.417. The first-order valence-corrected chi connectivity index (χ1v) is 5.22. The van der Waals surface area contributed by atoms with Crippen LogP contribution in [0.5, 0.6) is 0 Å². The quantitative estimate of drug-likeness (QED) is 0.770. The lowest BCUT2D eigenvalue weighted by Crippen LogP contribution is -2.36. The predicted octanol–water partition coefficient (Wildman–Crippen LogP) is 2.14. The second-order valence-electron chi connectivity index (χ2n) is 3.81. The molecule has 1 aromatic rings. The maximum Gasteiger partial charge on any atom is 0.254 e. The van der Waals surface area contributed by atoms with E-state index in [1.54, 1.807) is 24.3 Å². The summed E-state index contributed by atoms with van der Waals surface area (Å²) in [6, 6.07) is 7.26. The zero-order valence-corrected chi connectivity index (χ0v) is 9.53. The highest BCUT2D eigenvalue weighted by Gasteiger charge is 2.16. The number of nitrogen functional groups attached to an aromatic ring is 1. The average Bonchev–Trinajstić information content (AvgIpc) is 2.19. The van der Waals surface area contributed by atoms with Gasteiger partial charge in [-0.2, -0.15) is 0 Å². The predicted molar refractivity (Wildman–Crippen MR) is 62.7 cm³/mol. The minimum atomic E-state index is 0.0625. The molecule has 0 saturated carbocycles. The van der Waals surface area contributed by atoms with Gasteiger partial charge in [0, 0.05) is 23.8 Å². The smallest absolute Gasteiger partial charge is 0.254 e. The highest BCUT2D eigenvalue weighted by atomic mass is 16.2. The normalized spacial score (nSPS) is 10.4. The van der Waals surface area contributed by atoms with Crippen molar-refractivity contribution in [2.45, 2.75) is 26.8 Å². The molecule has 82 valence electrons. The number of anilines is 1. The van der Waals surface area contributed by atoms with Crippen LogP contribution < -0.4 is 5.73 Å². The van der Waals surface area contributed by atoms with Crippen LogP contribution in [0.25, 0.3) is 0 Å². The molecule has 0 atom stereocenters. The molecule has 0 spiro atoms. The summed E-state index contributed by atoms with van der Waals surface area (Å²) in [7, 11) is 0. The summed E-state index contributed by atoms with van der Waals surface area (Å²) in [6.45, 7) is 6.73. The van der Waals surface area contributed by atoms with Crippen molar-refractivity contribution in [3.05, 3.63) is 29.8 Å². The third-order valence-corrected chi connectivity index (χ3v) is 2.38. The van der Waals surface area contributed by atoms with E-state index in [1.165, 1.54) is 0 Å². The highest BCUT2D eigenvalue weighted by molar-refractivity contribution is 5.94. The van der Waals surface area contributed by atoms with Crippen LogP contribution in [0, 0.1) is 0 Å². The van der Waals surface area contributed by atoms with Crippen LogP contribution in [0.1, 0.15) is 31.1 Å². The Morgan fingerprint density at radius 1 is 1.33 bits per heavy atom. The van der Waals surface area contributed by atoms with Crippen molar-refractivity contribution in [1.82, 2.24) is 4.90 Å². The molecule has 1 amide bonds. The molecule has 0 fully saturated rings. The van der Waals surface area contributed by atoms with Gasteiger partial charge in [0.05, 0.1) is 0 Å². The van der Waals surface area contributed by atoms with Crippen LogP contribution in [0.4, 0.5) is 5.69 Å². The van der Waals surface area contributed by atoms with Crippen molar-refractivity contribution in [2.24, 2.45) is 0 Å². The van der Waals surface area contributed by atoms with Crippen LogP contribution >= 0.6 is 0 Å². The zero-order valence-electron chi connectivity index (χ0n) is 9.53. The molecular weight excluding hydrogens is 188 g/mol. The van der Waals surface area contributed by atoms with Gasteiger partial charge < -0.3 is 10.6 Å². The van der Waals surface area contributed by atoms with Gasteiger partial charge in [0.1, 0.15) is 0 Å². The van der Waals surface area contributed by atoms with Gasteiger partial charge in [-0.1, -0.05) is 0 Å². The van der Waals surface area contributed by atoms with Crippen LogP contribution in [-0.4, -0.2) is 23.4 Å². The number of rotatable bonds is 3. The Kier molecular flexibility index (Phi) is 3.72. The molecule has 0 radical (unpaired) electrons. The molecular formula is C12H18N2O. The molecule has 2 N–H and O–H groups in total. The van der Waals surface area contributed by atoms with E-state index in [0.29, 0.717) is 11.3 Å². The van der Waals surface area contributed by atoms with Crippen molar-refractivity contribution in [3.8, 4) is 0 Å². The van der Waals surface area contributed by atoms with Crippen molar-refractivity contribution in [1.29, 1.82) is 0 Å². The molecule has 15 heavy (non-hydrogen) atoms. The summed E-state index contributed by atoms with van der Waals surface area (Å²) >= 11 is 0. The Balaban J connectivity index is 2.88. The lowest BCUT2D eigenvalue weighted by molar-refractivity contribution is 0.0717. The van der Waals surface area contributed by atoms with Crippen LogP contribution in [0.15, 0.2) is 24.3 Å². The molecule has 0 aromatic heterocycles. The Labute approximate surface area is 90.9 Å². The number of carbonyl (C=O) groups excluding carboxylic acids is 1. The molecule has 3 nitrogen and oxygen atoms in total. The molecule has 0 unspecified atom stereocenters. The van der Waals surface area contributed by atoms with E-state index in [4.69, 9.17) is 5.73 Å². The van der Waals surface area contributed by atoms with E-state index in [-0.39, 0.29) is 11.9 Å². The molecule has 0 saturated heterocycles. The molecule has 1 rings (SSSR count). The molecule has 1 aromatic carbocycles. The fourth-order valence-electron chi connectivity index (χ4n) is 1.53. The van der Waals surface area contributed by atoms with Crippen molar-refractivity contribution in [3.63, 3.8) is 0 Å². The first kappa shape index (κ1) is 11.6. The number of nitrogens with zero attached hydrogens (tertiary/aromatic N) is 1. The van der Waals surface area contributed by atoms with Crippen LogP contribution in [0.2, 0.25) is 0 Å². The lowest BCUT2D eigenvalue weighted by Gasteiger charge is -2.25. The fourth-order valence-corrected chi connectivity index (χ4v) is 1.53. The van der Waals surface area contributed by atoms with E-state index in [0.717, 1.165) is 6.54 Å². The first-order valence-electron chi connectivity index (χ1n) is 5.22. The number of hydrogen-bond donors (Lipinski definition) is 1. The molecule has 3 heteroatoms. The number of amides is 1. The van der Waals surface area contributed by atoms with Gasteiger partial charge in [0.15, 0.2) is 0 Å². The number of hydrogen-bond acceptors (Lipinski definition) is 2. The lowest BCUT2D eigenvalue weighted by atomic mass is 10.1. The van der Waals surface area contributed by atoms with Gasteiger partial charge in [-0.3, -0.25) is 4.79 Å². The summed E-state index contributed by atoms with van der Waals surface area (Å²) in [5, 5.41) is 0. The van der Waals surface area contributed by atoms with Crippen molar-refractivity contribution in [2.75, 3.05) is 12.3 Å². The molecule has 0 aliphatic rings. The molecule has 0 aliphatic carbocycles. The second-order valence-corrected chi connectivity index (χ2v) is 3.81. The number of nitrogens with two attached hydrogens (primary N) is 1. The van der Waals surface area contributed by atoms with Gasteiger partial charge in [0.25, 0.3) is 5.91 Å². The van der Waals surface area contributed by atoms with E-state index in [1.807, 2.05) is 25.7 Å². The SMILES string of the molecule is CCN(C(=O)c1ccc(N)cc1)C(C)C. The Bertz CT molecular complexity index is 330. The maximum absolute atomic E-state index is 12.0. The van der Waals surface area contributed by atoms with E-state index >= 15 is 0 Å². The van der Waals surface area contributed by atoms with E-state index in [2.05, 4.69) is 0 Å². The summed E-state index contributed by atoms with van der Waals surface area (Å²) in [6.07, 6.45) is 0. The van der Waals surface area contributed by atoms with E-state index in [9.17, 15) is 4.79 Å². The molecule has 0 bridgehead atoms. The Morgan fingerprint density at radius 3 is 2.27 bits per heavy atom. The zero-order chi connectivity index (χ0) is 11.4. The van der Waals surface area contributed by atoms with Crippen LogP contribution in [-0.2, 0) is 0 Å². The standard InChI is InChI=1S/C12H18N2O/c1-4-14(9(2)3)12(15)10-5-7-11(13)8-6-10/h5-9H,4,13H2,1-3H3. The largest absolute Gasteiger partial charge is 0.399 e. The topological polar surface area (TPSA) is 46.3 Å². The third-order valence-electron chi connectivity index (χ3n) is 2.38. The molecule has 0 heterocycles. The minimum absolute atomic E-state index is 0.0625. The second kappa shape index (κ2) is 4.82. The monoisotopic (exact) mass is 206 g/mol. The van der Waals surface area contributed by atoms with Gasteiger partial charge in [-0.25, -0.2) is 0 Å². The Morgan fingerprint density at radius 2 is 1.87 bits per heavy atom.